The van der Waals surface area contributed by atoms with Crippen LogP contribution in [0, 0.1) is 0 Å². The van der Waals surface area contributed by atoms with Gasteiger partial charge in [0.15, 0.2) is 0 Å². The molecule has 1 atom stereocenters. The SMILES string of the molecule is O=S1(=O)c2ccccc2N[C@@H](c2ccc3c4c(cccc24)CC3)N1Cc1ccccc1. The molecule has 5 heteroatoms. The summed E-state index contributed by atoms with van der Waals surface area (Å²) in [6, 6.07) is 27.6. The van der Waals surface area contributed by atoms with Crippen LogP contribution in [0.2, 0.25) is 0 Å². The van der Waals surface area contributed by atoms with Crippen molar-refractivity contribution < 1.29 is 8.42 Å². The zero-order valence-corrected chi connectivity index (χ0v) is 17.8. The Kier molecular flexibility index (Phi) is 4.16. The average molecular weight is 427 g/mol. The van der Waals surface area contributed by atoms with E-state index in [0.29, 0.717) is 17.1 Å². The van der Waals surface area contributed by atoms with Gasteiger partial charge >= 0.3 is 0 Å². The van der Waals surface area contributed by atoms with Gasteiger partial charge in [-0.05, 0) is 58.0 Å². The molecular weight excluding hydrogens is 404 g/mol. The summed E-state index contributed by atoms with van der Waals surface area (Å²) >= 11 is 0. The second kappa shape index (κ2) is 6.94. The maximum Gasteiger partial charge on any atom is 0.247 e. The standard InChI is InChI=1S/C26H22N2O2S/c29-31(30)24-12-5-4-11-23(24)27-26(28(31)17-18-7-2-1-3-8-18)22-16-15-20-14-13-19-9-6-10-21(22)25(19)20/h1-12,15-16,26-27H,13-14,17H2/t26-/m1/s1. The predicted molar refractivity (Wildman–Crippen MR) is 123 cm³/mol. The predicted octanol–water partition coefficient (Wildman–Crippen LogP) is 5.25. The number of para-hydroxylation sites is 1. The minimum absolute atomic E-state index is 0.304. The fraction of sp³-hybridized carbons (Fsp3) is 0.154. The first-order chi connectivity index (χ1) is 15.1. The molecule has 6 rings (SSSR count). The van der Waals surface area contributed by atoms with Gasteiger partial charge in [0.05, 0.1) is 5.69 Å². The van der Waals surface area contributed by atoms with E-state index in [1.54, 1.807) is 16.4 Å². The van der Waals surface area contributed by atoms with Crippen molar-refractivity contribution in [1.29, 1.82) is 0 Å². The first kappa shape index (κ1) is 18.6. The molecular formula is C26H22N2O2S. The first-order valence-electron chi connectivity index (χ1n) is 10.6. The normalized spacial score (nSPS) is 19.2. The maximum absolute atomic E-state index is 13.8. The fourth-order valence-corrected chi connectivity index (χ4v) is 6.65. The first-order valence-corrected chi connectivity index (χ1v) is 12.0. The van der Waals surface area contributed by atoms with Crippen LogP contribution >= 0.6 is 0 Å². The van der Waals surface area contributed by atoms with E-state index in [-0.39, 0.29) is 0 Å². The van der Waals surface area contributed by atoms with Crippen LogP contribution in [0.5, 0.6) is 0 Å². The van der Waals surface area contributed by atoms with Crippen LogP contribution in [0.4, 0.5) is 5.69 Å². The summed E-state index contributed by atoms with van der Waals surface area (Å²) in [5.74, 6) is 0. The molecule has 0 saturated heterocycles. The van der Waals surface area contributed by atoms with Gasteiger partial charge in [-0.25, -0.2) is 8.42 Å². The van der Waals surface area contributed by atoms with Gasteiger partial charge in [-0.3, -0.25) is 0 Å². The second-order valence-corrected chi connectivity index (χ2v) is 10.1. The van der Waals surface area contributed by atoms with Crippen molar-refractivity contribution in [2.45, 2.75) is 30.4 Å². The molecule has 1 heterocycles. The number of nitrogens with one attached hydrogen (secondary N) is 1. The highest BCUT2D eigenvalue weighted by Crippen LogP contribution is 2.42. The lowest BCUT2D eigenvalue weighted by Crippen LogP contribution is -2.42. The Bertz CT molecular complexity index is 1400. The molecule has 4 aromatic carbocycles. The van der Waals surface area contributed by atoms with E-state index in [0.717, 1.165) is 29.4 Å². The van der Waals surface area contributed by atoms with Gasteiger partial charge in [-0.2, -0.15) is 4.31 Å². The van der Waals surface area contributed by atoms with Crippen molar-refractivity contribution in [3.8, 4) is 0 Å². The summed E-state index contributed by atoms with van der Waals surface area (Å²) in [4.78, 5) is 0.327. The van der Waals surface area contributed by atoms with Crippen molar-refractivity contribution in [2.75, 3.05) is 5.32 Å². The summed E-state index contributed by atoms with van der Waals surface area (Å²) in [6.45, 7) is 0.304. The summed E-state index contributed by atoms with van der Waals surface area (Å²) in [5, 5.41) is 5.96. The molecule has 0 saturated carbocycles. The fourth-order valence-electron chi connectivity index (χ4n) is 4.98. The summed E-state index contributed by atoms with van der Waals surface area (Å²) in [7, 11) is -3.68. The van der Waals surface area contributed by atoms with Crippen molar-refractivity contribution in [1.82, 2.24) is 4.31 Å². The average Bonchev–Trinajstić information content (AvgIpc) is 3.22. The Morgan fingerprint density at radius 3 is 2.39 bits per heavy atom. The van der Waals surface area contributed by atoms with Gasteiger partial charge in [-0.1, -0.05) is 72.8 Å². The van der Waals surface area contributed by atoms with Crippen LogP contribution in [0.15, 0.2) is 89.8 Å². The topological polar surface area (TPSA) is 49.4 Å². The molecule has 0 spiro atoms. The number of hydrogen-bond acceptors (Lipinski definition) is 3. The molecule has 1 aliphatic carbocycles. The third-order valence-electron chi connectivity index (χ3n) is 6.44. The van der Waals surface area contributed by atoms with E-state index in [1.165, 1.54) is 16.5 Å². The van der Waals surface area contributed by atoms with E-state index >= 15 is 0 Å². The molecule has 0 amide bonds. The van der Waals surface area contributed by atoms with Gasteiger partial charge in [0.2, 0.25) is 10.0 Å². The van der Waals surface area contributed by atoms with Gasteiger partial charge in [-0.15, -0.1) is 0 Å². The number of nitrogens with zero attached hydrogens (tertiary/aromatic N) is 1. The van der Waals surface area contributed by atoms with Crippen LogP contribution in [0.25, 0.3) is 10.8 Å². The lowest BCUT2D eigenvalue weighted by molar-refractivity contribution is 0.337. The molecule has 0 bridgehead atoms. The number of benzene rings is 4. The van der Waals surface area contributed by atoms with Crippen molar-refractivity contribution in [3.63, 3.8) is 0 Å². The lowest BCUT2D eigenvalue weighted by atomic mass is 9.98. The monoisotopic (exact) mass is 426 g/mol. The zero-order chi connectivity index (χ0) is 21.0. The number of hydrogen-bond donors (Lipinski definition) is 1. The van der Waals surface area contributed by atoms with Crippen LogP contribution in [0.1, 0.15) is 28.4 Å². The third-order valence-corrected chi connectivity index (χ3v) is 8.31. The molecule has 1 aliphatic heterocycles. The number of sulfonamides is 1. The second-order valence-electron chi connectivity index (χ2n) is 8.23. The van der Waals surface area contributed by atoms with E-state index in [9.17, 15) is 8.42 Å². The number of fused-ring (bicyclic) bond motifs is 1. The minimum Gasteiger partial charge on any atom is -0.364 e. The summed E-state index contributed by atoms with van der Waals surface area (Å²) < 4.78 is 29.1. The Hall–Kier alpha value is -3.15. The van der Waals surface area contributed by atoms with E-state index in [2.05, 4.69) is 35.6 Å². The molecule has 31 heavy (non-hydrogen) atoms. The Morgan fingerprint density at radius 1 is 0.806 bits per heavy atom. The number of aryl methyl sites for hydroxylation is 2. The molecule has 1 N–H and O–H groups in total. The zero-order valence-electron chi connectivity index (χ0n) is 17.0. The smallest absolute Gasteiger partial charge is 0.247 e. The van der Waals surface area contributed by atoms with Crippen molar-refractivity contribution >= 4 is 26.5 Å². The molecule has 0 fully saturated rings. The summed E-state index contributed by atoms with van der Waals surface area (Å²) in [5.41, 5.74) is 5.31. The van der Waals surface area contributed by atoms with Crippen molar-refractivity contribution in [3.05, 3.63) is 107 Å². The Labute approximate surface area is 182 Å². The van der Waals surface area contributed by atoms with Crippen LogP contribution < -0.4 is 5.32 Å². The van der Waals surface area contributed by atoms with Gasteiger partial charge in [0.1, 0.15) is 11.1 Å². The quantitative estimate of drug-likeness (QED) is 0.487. The van der Waals surface area contributed by atoms with Gasteiger partial charge < -0.3 is 5.32 Å². The molecule has 2 aliphatic rings. The van der Waals surface area contributed by atoms with E-state index in [1.807, 2.05) is 42.5 Å². The van der Waals surface area contributed by atoms with Gasteiger partial charge in [0.25, 0.3) is 0 Å². The van der Waals surface area contributed by atoms with Crippen molar-refractivity contribution in [2.24, 2.45) is 0 Å². The van der Waals surface area contributed by atoms with Crippen LogP contribution in [0.3, 0.4) is 0 Å². The van der Waals surface area contributed by atoms with Gasteiger partial charge in [0, 0.05) is 6.54 Å². The third kappa shape index (κ3) is 2.88. The van der Waals surface area contributed by atoms with E-state index in [4.69, 9.17) is 0 Å². The molecule has 4 nitrogen and oxygen atoms in total. The lowest BCUT2D eigenvalue weighted by Gasteiger charge is -2.38. The molecule has 4 aromatic rings. The molecule has 154 valence electrons. The number of rotatable bonds is 3. The molecule has 0 aromatic heterocycles. The highest BCUT2D eigenvalue weighted by molar-refractivity contribution is 7.89. The molecule has 0 radical (unpaired) electrons. The summed E-state index contributed by atoms with van der Waals surface area (Å²) in [6.07, 6.45) is 1.61. The van der Waals surface area contributed by atoms with Crippen LogP contribution in [-0.2, 0) is 29.4 Å². The van der Waals surface area contributed by atoms with E-state index < -0.39 is 16.2 Å². The highest BCUT2D eigenvalue weighted by Gasteiger charge is 2.39. The van der Waals surface area contributed by atoms with Crippen LogP contribution in [-0.4, -0.2) is 12.7 Å². The Balaban J connectivity index is 1.57. The Morgan fingerprint density at radius 2 is 1.55 bits per heavy atom. The molecule has 0 unspecified atom stereocenters. The highest BCUT2D eigenvalue weighted by atomic mass is 32.2. The maximum atomic E-state index is 13.8. The number of anilines is 1. The minimum atomic E-state index is -3.68. The largest absolute Gasteiger partial charge is 0.364 e.